The number of hydrogen-bond acceptors (Lipinski definition) is 3. The van der Waals surface area contributed by atoms with Crippen molar-refractivity contribution in [3.05, 3.63) is 22.7 Å². The van der Waals surface area contributed by atoms with Crippen LogP contribution in [0.2, 0.25) is 0 Å². The SMILES string of the molecule is COc1ccc(NCC(=O)NCC(C)C)cc1Br. The first-order chi connectivity index (χ1) is 8.52. The van der Waals surface area contributed by atoms with Crippen LogP contribution in [-0.4, -0.2) is 26.1 Å². The lowest BCUT2D eigenvalue weighted by molar-refractivity contribution is -0.119. The number of rotatable bonds is 6. The van der Waals surface area contributed by atoms with Gasteiger partial charge in [0.1, 0.15) is 5.75 Å². The van der Waals surface area contributed by atoms with Gasteiger partial charge in [0.15, 0.2) is 0 Å². The molecule has 0 unspecified atom stereocenters. The van der Waals surface area contributed by atoms with E-state index in [9.17, 15) is 4.79 Å². The van der Waals surface area contributed by atoms with Crippen LogP contribution >= 0.6 is 15.9 Å². The number of methoxy groups -OCH3 is 1. The van der Waals surface area contributed by atoms with Crippen LogP contribution in [0.5, 0.6) is 5.75 Å². The fraction of sp³-hybridized carbons (Fsp3) is 0.462. The Labute approximate surface area is 116 Å². The maximum absolute atomic E-state index is 11.5. The van der Waals surface area contributed by atoms with E-state index in [4.69, 9.17) is 4.74 Å². The van der Waals surface area contributed by atoms with Crippen LogP contribution in [0, 0.1) is 5.92 Å². The number of ether oxygens (including phenoxy) is 1. The Hall–Kier alpha value is -1.23. The number of carbonyl (C=O) groups excluding carboxylic acids is 1. The van der Waals surface area contributed by atoms with E-state index >= 15 is 0 Å². The molecule has 18 heavy (non-hydrogen) atoms. The number of halogens is 1. The molecule has 1 amide bonds. The molecule has 1 rings (SSSR count). The van der Waals surface area contributed by atoms with Gasteiger partial charge in [-0.1, -0.05) is 13.8 Å². The summed E-state index contributed by atoms with van der Waals surface area (Å²) in [4.78, 5) is 11.5. The standard InChI is InChI=1S/C13H19BrN2O2/c1-9(2)7-16-13(17)8-15-10-4-5-12(18-3)11(14)6-10/h4-6,9,15H,7-8H2,1-3H3,(H,16,17). The van der Waals surface area contributed by atoms with Gasteiger partial charge < -0.3 is 15.4 Å². The second-order valence-electron chi connectivity index (χ2n) is 4.40. The largest absolute Gasteiger partial charge is 0.496 e. The molecule has 0 saturated carbocycles. The number of carbonyl (C=O) groups is 1. The summed E-state index contributed by atoms with van der Waals surface area (Å²) in [6.07, 6.45) is 0. The zero-order valence-corrected chi connectivity index (χ0v) is 12.5. The molecule has 0 atom stereocenters. The van der Waals surface area contributed by atoms with E-state index < -0.39 is 0 Å². The summed E-state index contributed by atoms with van der Waals surface area (Å²) in [6.45, 7) is 5.10. The van der Waals surface area contributed by atoms with Crippen molar-refractivity contribution in [1.82, 2.24) is 5.32 Å². The zero-order valence-electron chi connectivity index (χ0n) is 10.9. The monoisotopic (exact) mass is 314 g/mol. The summed E-state index contributed by atoms with van der Waals surface area (Å²) >= 11 is 3.40. The van der Waals surface area contributed by atoms with Gasteiger partial charge in [0.25, 0.3) is 0 Å². The van der Waals surface area contributed by atoms with E-state index in [0.29, 0.717) is 12.5 Å². The number of benzene rings is 1. The summed E-state index contributed by atoms with van der Waals surface area (Å²) < 4.78 is 6.00. The minimum absolute atomic E-state index is 0.00404. The van der Waals surface area contributed by atoms with Gasteiger partial charge in [-0.25, -0.2) is 0 Å². The van der Waals surface area contributed by atoms with E-state index in [0.717, 1.165) is 15.9 Å². The number of nitrogens with one attached hydrogen (secondary N) is 2. The first kappa shape index (κ1) is 14.8. The predicted molar refractivity (Wildman–Crippen MR) is 77.0 cm³/mol. The molecule has 5 heteroatoms. The van der Waals surface area contributed by atoms with Gasteiger partial charge in [-0.3, -0.25) is 4.79 Å². The molecule has 0 aliphatic carbocycles. The summed E-state index contributed by atoms with van der Waals surface area (Å²) in [7, 11) is 1.62. The van der Waals surface area contributed by atoms with E-state index in [1.807, 2.05) is 18.2 Å². The van der Waals surface area contributed by atoms with Crippen molar-refractivity contribution in [1.29, 1.82) is 0 Å². The Balaban J connectivity index is 2.43. The Morgan fingerprint density at radius 1 is 1.44 bits per heavy atom. The van der Waals surface area contributed by atoms with Crippen LogP contribution in [0.25, 0.3) is 0 Å². The van der Waals surface area contributed by atoms with Gasteiger partial charge in [-0.2, -0.15) is 0 Å². The average molecular weight is 315 g/mol. The van der Waals surface area contributed by atoms with Gasteiger partial charge in [-0.15, -0.1) is 0 Å². The molecule has 0 radical (unpaired) electrons. The maximum atomic E-state index is 11.5. The Kier molecular flexibility index (Phi) is 5.98. The minimum atomic E-state index is -0.00404. The number of anilines is 1. The molecule has 1 aromatic rings. The first-order valence-electron chi connectivity index (χ1n) is 5.87. The summed E-state index contributed by atoms with van der Waals surface area (Å²) in [6, 6.07) is 5.60. The van der Waals surface area contributed by atoms with Gasteiger partial charge in [-0.05, 0) is 40.0 Å². The molecule has 0 aliphatic heterocycles. The van der Waals surface area contributed by atoms with E-state index in [2.05, 4.69) is 40.4 Å². The molecule has 0 saturated heterocycles. The smallest absolute Gasteiger partial charge is 0.239 e. The molecule has 0 spiro atoms. The van der Waals surface area contributed by atoms with Crippen molar-refractivity contribution in [2.75, 3.05) is 25.5 Å². The molecular weight excluding hydrogens is 296 g/mol. The van der Waals surface area contributed by atoms with Gasteiger partial charge in [0, 0.05) is 12.2 Å². The first-order valence-corrected chi connectivity index (χ1v) is 6.66. The molecule has 1 aromatic carbocycles. The van der Waals surface area contributed by atoms with Crippen molar-refractivity contribution in [2.24, 2.45) is 5.92 Å². The third kappa shape index (κ3) is 4.96. The van der Waals surface area contributed by atoms with Crippen molar-refractivity contribution in [3.8, 4) is 5.75 Å². The maximum Gasteiger partial charge on any atom is 0.239 e. The van der Waals surface area contributed by atoms with Crippen molar-refractivity contribution < 1.29 is 9.53 Å². The van der Waals surface area contributed by atoms with E-state index in [-0.39, 0.29) is 12.5 Å². The Morgan fingerprint density at radius 3 is 2.72 bits per heavy atom. The highest BCUT2D eigenvalue weighted by Crippen LogP contribution is 2.27. The highest BCUT2D eigenvalue weighted by atomic mass is 79.9. The molecule has 0 heterocycles. The van der Waals surface area contributed by atoms with Crippen LogP contribution in [0.4, 0.5) is 5.69 Å². The lowest BCUT2D eigenvalue weighted by Gasteiger charge is -2.10. The molecule has 100 valence electrons. The van der Waals surface area contributed by atoms with Gasteiger partial charge >= 0.3 is 0 Å². The average Bonchev–Trinajstić information content (AvgIpc) is 2.34. The molecule has 0 bridgehead atoms. The third-order valence-electron chi connectivity index (χ3n) is 2.31. The zero-order chi connectivity index (χ0) is 13.5. The summed E-state index contributed by atoms with van der Waals surface area (Å²) in [5, 5.41) is 5.91. The normalized spacial score (nSPS) is 10.3. The lowest BCUT2D eigenvalue weighted by atomic mass is 10.2. The number of hydrogen-bond donors (Lipinski definition) is 2. The summed E-state index contributed by atoms with van der Waals surface area (Å²) in [5.41, 5.74) is 0.877. The minimum Gasteiger partial charge on any atom is -0.496 e. The van der Waals surface area contributed by atoms with Crippen molar-refractivity contribution >= 4 is 27.5 Å². The van der Waals surface area contributed by atoms with Crippen LogP contribution in [0.15, 0.2) is 22.7 Å². The lowest BCUT2D eigenvalue weighted by Crippen LogP contribution is -2.32. The molecule has 0 fully saturated rings. The second kappa shape index (κ2) is 7.26. The van der Waals surface area contributed by atoms with E-state index in [1.54, 1.807) is 7.11 Å². The quantitative estimate of drug-likeness (QED) is 0.848. The predicted octanol–water partition coefficient (Wildman–Crippen LogP) is 2.64. The highest BCUT2D eigenvalue weighted by Gasteiger charge is 2.04. The second-order valence-corrected chi connectivity index (χ2v) is 5.26. The van der Waals surface area contributed by atoms with Crippen LogP contribution < -0.4 is 15.4 Å². The number of amides is 1. The molecular formula is C13H19BrN2O2. The van der Waals surface area contributed by atoms with Crippen LogP contribution in [0.3, 0.4) is 0 Å². The molecule has 0 aromatic heterocycles. The van der Waals surface area contributed by atoms with Gasteiger partial charge in [0.2, 0.25) is 5.91 Å². The molecule has 2 N–H and O–H groups in total. The fourth-order valence-corrected chi connectivity index (χ4v) is 1.88. The van der Waals surface area contributed by atoms with Gasteiger partial charge in [0.05, 0.1) is 18.1 Å². The molecule has 0 aliphatic rings. The van der Waals surface area contributed by atoms with Crippen LogP contribution in [-0.2, 0) is 4.79 Å². The fourth-order valence-electron chi connectivity index (χ4n) is 1.34. The van der Waals surface area contributed by atoms with Crippen molar-refractivity contribution in [3.63, 3.8) is 0 Å². The third-order valence-corrected chi connectivity index (χ3v) is 2.93. The summed E-state index contributed by atoms with van der Waals surface area (Å²) in [5.74, 6) is 1.23. The molecule has 4 nitrogen and oxygen atoms in total. The van der Waals surface area contributed by atoms with Crippen LogP contribution in [0.1, 0.15) is 13.8 Å². The topological polar surface area (TPSA) is 50.4 Å². The van der Waals surface area contributed by atoms with Crippen molar-refractivity contribution in [2.45, 2.75) is 13.8 Å². The Morgan fingerprint density at radius 2 is 2.17 bits per heavy atom. The van der Waals surface area contributed by atoms with E-state index in [1.165, 1.54) is 0 Å². The highest BCUT2D eigenvalue weighted by molar-refractivity contribution is 9.10. The Bertz CT molecular complexity index is 408.